The summed E-state index contributed by atoms with van der Waals surface area (Å²) in [6, 6.07) is 20.5. The molecule has 0 bridgehead atoms. The number of amides is 1. The molecule has 6 fully saturated rings. The summed E-state index contributed by atoms with van der Waals surface area (Å²) in [5.41, 5.74) is 4.78. The van der Waals surface area contributed by atoms with E-state index < -0.39 is 7.60 Å². The van der Waals surface area contributed by atoms with Crippen LogP contribution in [0.25, 0.3) is 28.3 Å². The Kier molecular flexibility index (Phi) is 19.1. The zero-order chi connectivity index (χ0) is 54.1. The average molecular weight is 1070 g/mol. The van der Waals surface area contributed by atoms with Gasteiger partial charge < -0.3 is 33.4 Å². The van der Waals surface area contributed by atoms with E-state index in [-0.39, 0.29) is 89.6 Å². The number of benzene rings is 2. The number of alkyl carbamates (subject to hydrolysis) is 1. The van der Waals surface area contributed by atoms with E-state index in [0.717, 1.165) is 72.3 Å². The number of carbonyl (C=O) groups is 4. The first-order valence-corrected chi connectivity index (χ1v) is 29.1. The van der Waals surface area contributed by atoms with E-state index in [1.54, 1.807) is 51.4 Å². The Morgan fingerprint density at radius 1 is 0.697 bits per heavy atom. The van der Waals surface area contributed by atoms with Crippen molar-refractivity contribution in [2.45, 2.75) is 117 Å². The molecule has 2 aromatic heterocycles. The largest absolute Gasteiger partial charge is 0.462 e. The monoisotopic (exact) mass is 1070 g/mol. The van der Waals surface area contributed by atoms with Crippen molar-refractivity contribution in [3.8, 4) is 22.3 Å². The topological polar surface area (TPSA) is 169 Å². The highest BCUT2D eigenvalue weighted by Crippen LogP contribution is 2.55. The predicted octanol–water partition coefficient (Wildman–Crippen LogP) is 12.7. The maximum Gasteiger partial charge on any atom is 0.407 e. The number of cyclic esters (lactones) is 2. The van der Waals surface area contributed by atoms with Crippen molar-refractivity contribution in [2.75, 3.05) is 19.8 Å². The van der Waals surface area contributed by atoms with Crippen molar-refractivity contribution in [1.82, 2.24) is 15.3 Å². The SMILES string of the molecule is CCOC(=O)N[C@@H]1CC[C@@H]2[C@@H](C1)C[C@H]1C(=O)O[C@H](C)[C@H]1[C@H]2C=O.CCOP(=O)(Cc1ccc(-c2cccc(F)c2)cn1)OCC.C[C@@H]1CC[C@@H]2[C@@H](C1)C[C@H]1C(=O)O[C@H](C)[C@H]1[C@H]2/C=C/c1ccc(-c2cccc(F)c2)cn1. The lowest BCUT2D eigenvalue weighted by atomic mass is 9.56. The van der Waals surface area contributed by atoms with Crippen molar-refractivity contribution in [3.63, 3.8) is 0 Å². The first-order valence-electron chi connectivity index (χ1n) is 27.4. The van der Waals surface area contributed by atoms with Crippen LogP contribution < -0.4 is 5.32 Å². The number of aldehydes is 1. The molecule has 13 nitrogen and oxygen atoms in total. The Hall–Kier alpha value is -5.63. The van der Waals surface area contributed by atoms with E-state index in [1.807, 2.05) is 37.3 Å². The van der Waals surface area contributed by atoms with Gasteiger partial charge in [0.2, 0.25) is 0 Å². The summed E-state index contributed by atoms with van der Waals surface area (Å²) in [7, 11) is -3.16. The van der Waals surface area contributed by atoms with Gasteiger partial charge in [0.1, 0.15) is 30.1 Å². The van der Waals surface area contributed by atoms with Gasteiger partial charge in [-0.1, -0.05) is 55.8 Å². The fourth-order valence-electron chi connectivity index (χ4n) is 13.5. The Morgan fingerprint density at radius 2 is 1.26 bits per heavy atom. The predicted molar refractivity (Wildman–Crippen MR) is 285 cm³/mol. The molecular formula is C60H74F2N3O10P. The number of ether oxygens (including phenoxy) is 3. The molecule has 4 aromatic rings. The standard InChI is InChI=1S/C27H30FNO2.C17H25NO5.C16H19FNO3P/c1-16-6-10-23-20(12-16)14-25-26(17(2)31-27(25)30)24(23)11-9-22-8-7-19(15-29-22)18-4-3-5-21(28)13-18;1-3-22-17(21)18-11-4-5-12-10(6-11)7-13-15(14(12)8-19)9(2)23-16(13)20;1-3-20-22(19,21-4-2)12-16-9-8-14(11-18-16)13-6-5-7-15(17)10-13/h3-5,7-9,11,13,15-17,20,23-26H,6,10,12,14H2,1-2H3;8-15H,3-7H2,1-2H3,(H,18,21);5-11H,3-4,12H2,1-2H3/b11-9+;;/t16-,17-,20+,23-,24+,25-,26+;9-,10+,11-,12-,13-,14+,15-;/m11./s1. The fraction of sp³-hybridized carbons (Fsp3) is 0.533. The number of hydrogen-bond acceptors (Lipinski definition) is 12. The van der Waals surface area contributed by atoms with Crippen LogP contribution in [-0.4, -0.2) is 72.4 Å². The smallest absolute Gasteiger partial charge is 0.407 e. The Morgan fingerprint density at radius 3 is 1.80 bits per heavy atom. The third-order valence-electron chi connectivity index (χ3n) is 16.7. The quantitative estimate of drug-likeness (QED) is 0.0583. The van der Waals surface area contributed by atoms with Crippen molar-refractivity contribution in [1.29, 1.82) is 0 Å². The number of pyridine rings is 2. The molecule has 16 heteroatoms. The molecule has 2 aromatic carbocycles. The molecule has 76 heavy (non-hydrogen) atoms. The lowest BCUT2D eigenvalue weighted by Crippen LogP contribution is -2.49. The molecule has 0 radical (unpaired) electrons. The second kappa shape index (κ2) is 25.7. The van der Waals surface area contributed by atoms with E-state index in [2.05, 4.69) is 41.3 Å². The number of hydrogen-bond donors (Lipinski definition) is 1. The number of aromatic nitrogens is 2. The van der Waals surface area contributed by atoms with Crippen LogP contribution in [0.1, 0.15) is 104 Å². The molecule has 2 saturated heterocycles. The van der Waals surface area contributed by atoms with Crippen molar-refractivity contribution in [2.24, 2.45) is 65.1 Å². The van der Waals surface area contributed by atoms with Crippen LogP contribution in [0, 0.1) is 76.7 Å². The molecule has 1 amide bonds. The Bertz CT molecular complexity index is 2700. The first-order chi connectivity index (χ1) is 36.6. The molecule has 4 heterocycles. The van der Waals surface area contributed by atoms with Gasteiger partial charge >= 0.3 is 25.6 Å². The van der Waals surface area contributed by atoms with Crippen LogP contribution in [0.5, 0.6) is 0 Å². The molecule has 4 aliphatic carbocycles. The highest BCUT2D eigenvalue weighted by Gasteiger charge is 2.56. The summed E-state index contributed by atoms with van der Waals surface area (Å²) >= 11 is 0. The summed E-state index contributed by atoms with van der Waals surface area (Å²) < 4.78 is 65.7. The Balaban J connectivity index is 0.000000155. The van der Waals surface area contributed by atoms with Crippen molar-refractivity contribution in [3.05, 3.63) is 114 Å². The summed E-state index contributed by atoms with van der Waals surface area (Å²) in [5, 5.41) is 2.90. The normalized spacial score (nSPS) is 30.4. The molecule has 14 atom stereocenters. The van der Waals surface area contributed by atoms with Crippen LogP contribution in [0.15, 0.2) is 91.3 Å². The maximum atomic E-state index is 13.5. The van der Waals surface area contributed by atoms with Gasteiger partial charge in [0.25, 0.3) is 0 Å². The number of allylic oxidation sites excluding steroid dienone is 1. The van der Waals surface area contributed by atoms with Crippen LogP contribution in [0.4, 0.5) is 13.6 Å². The van der Waals surface area contributed by atoms with Gasteiger partial charge in [-0.25, -0.2) is 13.6 Å². The molecule has 2 aliphatic heterocycles. The van der Waals surface area contributed by atoms with Gasteiger partial charge in [-0.3, -0.25) is 24.1 Å². The summed E-state index contributed by atoms with van der Waals surface area (Å²) in [6.07, 6.45) is 16.5. The number of halogens is 2. The summed E-state index contributed by atoms with van der Waals surface area (Å²) in [4.78, 5) is 56.8. The Labute approximate surface area is 446 Å². The number of fused-ring (bicyclic) bond motifs is 4. The molecular weight excluding hydrogens is 992 g/mol. The third-order valence-corrected chi connectivity index (χ3v) is 18.8. The molecule has 4 saturated carbocycles. The fourth-order valence-corrected chi connectivity index (χ4v) is 15.1. The van der Waals surface area contributed by atoms with Gasteiger partial charge in [-0.05, 0) is 169 Å². The minimum Gasteiger partial charge on any atom is -0.462 e. The van der Waals surface area contributed by atoms with E-state index >= 15 is 0 Å². The number of esters is 2. The van der Waals surface area contributed by atoms with Gasteiger partial charge in [-0.2, -0.15) is 0 Å². The zero-order valence-corrected chi connectivity index (χ0v) is 45.5. The van der Waals surface area contributed by atoms with E-state index in [1.165, 1.54) is 43.5 Å². The molecule has 1 N–H and O–H groups in total. The van der Waals surface area contributed by atoms with Gasteiger partial charge in [0, 0.05) is 47.3 Å². The number of nitrogens with zero attached hydrogens (tertiary/aromatic N) is 2. The van der Waals surface area contributed by atoms with Crippen LogP contribution >= 0.6 is 7.60 Å². The first kappa shape index (κ1) is 56.6. The highest BCUT2D eigenvalue weighted by atomic mass is 31.2. The lowest BCUT2D eigenvalue weighted by Gasteiger charge is -2.47. The number of nitrogens with one attached hydrogen (secondary N) is 1. The number of carbonyl (C=O) groups excluding carboxylic acids is 4. The summed E-state index contributed by atoms with van der Waals surface area (Å²) in [5.74, 6) is 2.28. The molecule has 10 rings (SSSR count). The van der Waals surface area contributed by atoms with E-state index in [9.17, 15) is 32.5 Å². The minimum absolute atomic E-state index is 0.00477. The molecule has 0 unspecified atom stereocenters. The van der Waals surface area contributed by atoms with Crippen LogP contribution in [-0.2, 0) is 48.4 Å². The number of rotatable bonds is 13. The maximum absolute atomic E-state index is 13.5. The second-order valence-electron chi connectivity index (χ2n) is 21.5. The zero-order valence-electron chi connectivity index (χ0n) is 44.6. The van der Waals surface area contributed by atoms with Gasteiger partial charge in [-0.15, -0.1) is 0 Å². The van der Waals surface area contributed by atoms with Crippen LogP contribution in [0.3, 0.4) is 0 Å². The lowest BCUT2D eigenvalue weighted by molar-refractivity contribution is -0.145. The highest BCUT2D eigenvalue weighted by molar-refractivity contribution is 7.53. The van der Waals surface area contributed by atoms with Gasteiger partial charge in [0.15, 0.2) is 0 Å². The third kappa shape index (κ3) is 13.5. The molecule has 0 spiro atoms. The minimum atomic E-state index is -3.16. The molecule has 6 aliphatic rings. The van der Waals surface area contributed by atoms with E-state index in [0.29, 0.717) is 49.2 Å². The average Bonchev–Trinajstić information content (AvgIpc) is 3.85. The van der Waals surface area contributed by atoms with E-state index in [4.69, 9.17) is 23.3 Å². The van der Waals surface area contributed by atoms with Gasteiger partial charge in [0.05, 0.1) is 49.2 Å². The second-order valence-corrected chi connectivity index (χ2v) is 23.6. The van der Waals surface area contributed by atoms with Crippen molar-refractivity contribution >= 4 is 38.0 Å². The van der Waals surface area contributed by atoms with Crippen molar-refractivity contribution < 1.29 is 55.8 Å². The van der Waals surface area contributed by atoms with Crippen LogP contribution in [0.2, 0.25) is 0 Å². The summed E-state index contributed by atoms with van der Waals surface area (Å²) in [6.45, 7) is 12.6. The molecule has 408 valence electrons.